The predicted molar refractivity (Wildman–Crippen MR) is 114 cm³/mol. The fraction of sp³-hybridized carbons (Fsp3) is 0.364. The van der Waals surface area contributed by atoms with E-state index in [1.54, 1.807) is 11.3 Å². The zero-order valence-electron chi connectivity index (χ0n) is 15.9. The fourth-order valence-corrected chi connectivity index (χ4v) is 5.01. The molecule has 0 bridgehead atoms. The van der Waals surface area contributed by atoms with Gasteiger partial charge < -0.3 is 4.90 Å². The Hall–Kier alpha value is -1.98. The number of amides is 1. The van der Waals surface area contributed by atoms with Gasteiger partial charge in [-0.15, -0.1) is 22.7 Å². The summed E-state index contributed by atoms with van der Waals surface area (Å²) in [4.78, 5) is 21.9. The molecule has 140 valence electrons. The molecular formula is C22H24N2OS2. The first-order valence-corrected chi connectivity index (χ1v) is 11.1. The van der Waals surface area contributed by atoms with Crippen molar-refractivity contribution in [3.05, 3.63) is 63.5 Å². The van der Waals surface area contributed by atoms with Gasteiger partial charge in [0.1, 0.15) is 9.88 Å². The predicted octanol–water partition coefficient (Wildman–Crippen LogP) is 6.11. The molecule has 4 rings (SSSR count). The smallest absolute Gasteiger partial charge is 0.266 e. The molecule has 2 aromatic heterocycles. The molecule has 0 unspecified atom stereocenters. The Bertz CT molecular complexity index is 922. The Labute approximate surface area is 168 Å². The lowest BCUT2D eigenvalue weighted by Crippen LogP contribution is -2.32. The van der Waals surface area contributed by atoms with Crippen LogP contribution in [0.2, 0.25) is 0 Å². The number of thiazole rings is 1. The van der Waals surface area contributed by atoms with Crippen LogP contribution < -0.4 is 0 Å². The van der Waals surface area contributed by atoms with Gasteiger partial charge in [0.25, 0.3) is 5.91 Å². The normalized spacial score (nSPS) is 13.9. The second kappa shape index (κ2) is 7.56. The number of benzene rings is 1. The molecule has 3 nitrogen and oxygen atoms in total. The molecule has 5 heteroatoms. The van der Waals surface area contributed by atoms with Crippen molar-refractivity contribution >= 4 is 28.6 Å². The maximum absolute atomic E-state index is 13.3. The highest BCUT2D eigenvalue weighted by Crippen LogP contribution is 2.35. The standard InChI is InChI=1S/C22H24N2OS2/c1-14(2)17-8-6-16(7-9-17)13-24(18-10-11-18)22(25)20-15(3)23-21(27-20)19-5-4-12-26-19/h4-9,12,14,18H,10-11,13H2,1-3H3. The molecule has 0 spiro atoms. The molecule has 0 radical (unpaired) electrons. The number of nitrogens with zero attached hydrogens (tertiary/aromatic N) is 2. The van der Waals surface area contributed by atoms with E-state index in [9.17, 15) is 4.79 Å². The number of aryl methyl sites for hydroxylation is 1. The summed E-state index contributed by atoms with van der Waals surface area (Å²) in [7, 11) is 0. The number of carbonyl (C=O) groups excluding carboxylic acids is 1. The van der Waals surface area contributed by atoms with Gasteiger partial charge in [0.15, 0.2) is 0 Å². The monoisotopic (exact) mass is 396 g/mol. The van der Waals surface area contributed by atoms with Crippen molar-refractivity contribution in [1.29, 1.82) is 0 Å². The van der Waals surface area contributed by atoms with Gasteiger partial charge in [0.2, 0.25) is 0 Å². The minimum Gasteiger partial charge on any atom is -0.331 e. The molecule has 27 heavy (non-hydrogen) atoms. The third-order valence-corrected chi connectivity index (χ3v) is 7.16. The SMILES string of the molecule is Cc1nc(-c2cccs2)sc1C(=O)N(Cc1ccc(C(C)C)cc1)C1CC1. The molecule has 3 aromatic rings. The van der Waals surface area contributed by atoms with Crippen LogP contribution >= 0.6 is 22.7 Å². The Morgan fingerprint density at radius 2 is 1.96 bits per heavy atom. The van der Waals surface area contributed by atoms with E-state index in [0.717, 1.165) is 33.3 Å². The molecule has 1 aliphatic rings. The van der Waals surface area contributed by atoms with Crippen molar-refractivity contribution in [3.8, 4) is 9.88 Å². The summed E-state index contributed by atoms with van der Waals surface area (Å²) in [5.41, 5.74) is 3.37. The Morgan fingerprint density at radius 3 is 2.56 bits per heavy atom. The van der Waals surface area contributed by atoms with Crippen LogP contribution in [-0.4, -0.2) is 21.8 Å². The van der Waals surface area contributed by atoms with Crippen molar-refractivity contribution in [2.45, 2.75) is 52.1 Å². The summed E-state index contributed by atoms with van der Waals surface area (Å²) in [5, 5.41) is 2.99. The van der Waals surface area contributed by atoms with Gasteiger partial charge in [-0.05, 0) is 48.3 Å². The zero-order valence-corrected chi connectivity index (χ0v) is 17.6. The first-order chi connectivity index (χ1) is 13.0. The van der Waals surface area contributed by atoms with Gasteiger partial charge in [-0.2, -0.15) is 0 Å². The zero-order chi connectivity index (χ0) is 19.0. The van der Waals surface area contributed by atoms with E-state index < -0.39 is 0 Å². The average Bonchev–Trinajstić information content (AvgIpc) is 3.19. The second-order valence-electron chi connectivity index (χ2n) is 7.47. The van der Waals surface area contributed by atoms with Gasteiger partial charge in [-0.25, -0.2) is 4.98 Å². The van der Waals surface area contributed by atoms with Crippen LogP contribution in [0.5, 0.6) is 0 Å². The Balaban J connectivity index is 1.56. The molecule has 1 aliphatic carbocycles. The number of rotatable bonds is 6. The van der Waals surface area contributed by atoms with Gasteiger partial charge in [-0.1, -0.05) is 44.2 Å². The first kappa shape index (κ1) is 18.4. The molecule has 0 aliphatic heterocycles. The second-order valence-corrected chi connectivity index (χ2v) is 9.42. The highest BCUT2D eigenvalue weighted by atomic mass is 32.1. The minimum atomic E-state index is 0.128. The lowest BCUT2D eigenvalue weighted by atomic mass is 10.0. The van der Waals surface area contributed by atoms with Crippen LogP contribution in [0.15, 0.2) is 41.8 Å². The highest BCUT2D eigenvalue weighted by Gasteiger charge is 2.34. The third-order valence-electron chi connectivity index (χ3n) is 4.97. The lowest BCUT2D eigenvalue weighted by Gasteiger charge is -2.22. The van der Waals surface area contributed by atoms with Crippen LogP contribution in [0.3, 0.4) is 0 Å². The van der Waals surface area contributed by atoms with Crippen LogP contribution in [0.1, 0.15) is 59.1 Å². The van der Waals surface area contributed by atoms with E-state index in [1.165, 1.54) is 22.5 Å². The number of aromatic nitrogens is 1. The summed E-state index contributed by atoms with van der Waals surface area (Å²) in [6, 6.07) is 13.1. The van der Waals surface area contributed by atoms with Crippen molar-refractivity contribution in [3.63, 3.8) is 0 Å². The number of carbonyl (C=O) groups is 1. The van der Waals surface area contributed by atoms with E-state index in [1.807, 2.05) is 23.3 Å². The van der Waals surface area contributed by atoms with Gasteiger partial charge in [-0.3, -0.25) is 4.79 Å². The van der Waals surface area contributed by atoms with E-state index in [2.05, 4.69) is 49.2 Å². The molecule has 0 atom stereocenters. The summed E-state index contributed by atoms with van der Waals surface area (Å²) in [5.74, 6) is 0.652. The molecule has 0 saturated heterocycles. The van der Waals surface area contributed by atoms with Crippen LogP contribution in [0, 0.1) is 6.92 Å². The van der Waals surface area contributed by atoms with Crippen molar-refractivity contribution in [2.75, 3.05) is 0 Å². The lowest BCUT2D eigenvalue weighted by molar-refractivity contribution is 0.0734. The van der Waals surface area contributed by atoms with Crippen LogP contribution in [-0.2, 0) is 6.54 Å². The summed E-state index contributed by atoms with van der Waals surface area (Å²) in [6.07, 6.45) is 2.21. The van der Waals surface area contributed by atoms with Crippen LogP contribution in [0.4, 0.5) is 0 Å². The Morgan fingerprint density at radius 1 is 1.22 bits per heavy atom. The van der Waals surface area contributed by atoms with Gasteiger partial charge >= 0.3 is 0 Å². The van der Waals surface area contributed by atoms with E-state index in [4.69, 9.17) is 0 Å². The molecule has 1 saturated carbocycles. The van der Waals surface area contributed by atoms with Crippen molar-refractivity contribution in [2.24, 2.45) is 0 Å². The van der Waals surface area contributed by atoms with Crippen molar-refractivity contribution < 1.29 is 4.79 Å². The number of hydrogen-bond donors (Lipinski definition) is 0. The average molecular weight is 397 g/mol. The molecule has 2 heterocycles. The maximum Gasteiger partial charge on any atom is 0.266 e. The molecule has 1 fully saturated rings. The third kappa shape index (κ3) is 3.99. The quantitative estimate of drug-likeness (QED) is 0.504. The summed E-state index contributed by atoms with van der Waals surface area (Å²) in [6.45, 7) is 7.02. The number of thiophene rings is 1. The maximum atomic E-state index is 13.3. The largest absolute Gasteiger partial charge is 0.331 e. The van der Waals surface area contributed by atoms with Crippen molar-refractivity contribution in [1.82, 2.24) is 9.88 Å². The summed E-state index contributed by atoms with van der Waals surface area (Å²) >= 11 is 3.19. The van der Waals surface area contributed by atoms with E-state index in [0.29, 0.717) is 18.5 Å². The fourth-order valence-electron chi connectivity index (χ4n) is 3.19. The minimum absolute atomic E-state index is 0.128. The van der Waals surface area contributed by atoms with Crippen LogP contribution in [0.25, 0.3) is 9.88 Å². The molecule has 0 N–H and O–H groups in total. The summed E-state index contributed by atoms with van der Waals surface area (Å²) < 4.78 is 0. The Kier molecular flexibility index (Phi) is 5.15. The molecule has 1 aromatic carbocycles. The highest BCUT2D eigenvalue weighted by molar-refractivity contribution is 7.22. The molecular weight excluding hydrogens is 372 g/mol. The first-order valence-electron chi connectivity index (χ1n) is 9.44. The molecule has 1 amide bonds. The topological polar surface area (TPSA) is 33.2 Å². The van der Waals surface area contributed by atoms with Gasteiger partial charge in [0, 0.05) is 12.6 Å². The van der Waals surface area contributed by atoms with E-state index >= 15 is 0 Å². The number of hydrogen-bond acceptors (Lipinski definition) is 4. The van der Waals surface area contributed by atoms with Gasteiger partial charge in [0.05, 0.1) is 10.6 Å². The van der Waals surface area contributed by atoms with E-state index in [-0.39, 0.29) is 5.91 Å².